The Morgan fingerprint density at radius 2 is 2.00 bits per heavy atom. The van der Waals surface area contributed by atoms with Crippen molar-refractivity contribution in [2.24, 2.45) is 10.7 Å². The molecule has 0 amide bonds. The van der Waals surface area contributed by atoms with E-state index in [0.717, 1.165) is 25.7 Å². The number of aliphatic imine (C=N–C) groups is 1. The number of hydrogen-bond donors (Lipinski definition) is 2. The van der Waals surface area contributed by atoms with Gasteiger partial charge < -0.3 is 15.7 Å². The third kappa shape index (κ3) is 3.48. The van der Waals surface area contributed by atoms with Crippen LogP contribution in [0.5, 0.6) is 0 Å². The number of nitrogens with zero attached hydrogens (tertiary/aromatic N) is 2. The average Bonchev–Trinajstić information content (AvgIpc) is 2.98. The van der Waals surface area contributed by atoms with Gasteiger partial charge in [-0.1, -0.05) is 12.8 Å². The van der Waals surface area contributed by atoms with Gasteiger partial charge in [-0.25, -0.2) is 0 Å². The van der Waals surface area contributed by atoms with E-state index in [-0.39, 0.29) is 24.0 Å². The Labute approximate surface area is 114 Å². The van der Waals surface area contributed by atoms with E-state index in [1.54, 1.807) is 0 Å². The smallest absolute Gasteiger partial charge is 0.191 e. The molecule has 0 atom stereocenters. The van der Waals surface area contributed by atoms with Gasteiger partial charge in [-0.15, -0.1) is 24.0 Å². The molecule has 0 unspecified atom stereocenters. The highest BCUT2D eigenvalue weighted by Gasteiger charge is 2.32. The molecular formula is C11H22IN3O. The molecule has 16 heavy (non-hydrogen) atoms. The first-order valence-electron chi connectivity index (χ1n) is 5.86. The first kappa shape index (κ1) is 14.0. The van der Waals surface area contributed by atoms with Crippen molar-refractivity contribution in [2.75, 3.05) is 13.6 Å². The number of rotatable bonds is 3. The number of halogens is 1. The fourth-order valence-electron chi connectivity index (χ4n) is 2.18. The van der Waals surface area contributed by atoms with Crippen molar-refractivity contribution in [3.05, 3.63) is 0 Å². The summed E-state index contributed by atoms with van der Waals surface area (Å²) in [5, 5.41) is 10.1. The maximum absolute atomic E-state index is 10.1. The highest BCUT2D eigenvalue weighted by molar-refractivity contribution is 14.0. The Bertz CT molecular complexity index is 260. The lowest BCUT2D eigenvalue weighted by Crippen LogP contribution is -2.38. The summed E-state index contributed by atoms with van der Waals surface area (Å²) in [5.41, 5.74) is 5.29. The van der Waals surface area contributed by atoms with Crippen LogP contribution in [-0.2, 0) is 0 Å². The largest absolute Gasteiger partial charge is 0.388 e. The third-order valence-corrected chi connectivity index (χ3v) is 3.53. The van der Waals surface area contributed by atoms with Gasteiger partial charge in [-0.2, -0.15) is 0 Å². The lowest BCUT2D eigenvalue weighted by molar-refractivity contribution is 0.0572. The SMILES string of the molecule is CN(C(N)=NCC1(O)CCCC1)C1CC1.I. The van der Waals surface area contributed by atoms with Gasteiger partial charge in [0, 0.05) is 13.1 Å². The third-order valence-electron chi connectivity index (χ3n) is 3.53. The molecule has 2 aliphatic carbocycles. The van der Waals surface area contributed by atoms with E-state index < -0.39 is 5.60 Å². The molecule has 0 aromatic carbocycles. The van der Waals surface area contributed by atoms with Crippen LogP contribution in [0.3, 0.4) is 0 Å². The van der Waals surface area contributed by atoms with E-state index in [4.69, 9.17) is 5.73 Å². The van der Waals surface area contributed by atoms with Crippen molar-refractivity contribution >= 4 is 29.9 Å². The second kappa shape index (κ2) is 5.53. The lowest BCUT2D eigenvalue weighted by Gasteiger charge is -2.22. The molecule has 4 nitrogen and oxygen atoms in total. The minimum Gasteiger partial charge on any atom is -0.388 e. The molecule has 5 heteroatoms. The predicted molar refractivity (Wildman–Crippen MR) is 76.1 cm³/mol. The normalized spacial score (nSPS) is 24.0. The van der Waals surface area contributed by atoms with Gasteiger partial charge in [0.1, 0.15) is 0 Å². The molecule has 0 radical (unpaired) electrons. The van der Waals surface area contributed by atoms with Gasteiger partial charge in [-0.05, 0) is 25.7 Å². The first-order chi connectivity index (χ1) is 7.11. The van der Waals surface area contributed by atoms with Crippen LogP contribution in [0.1, 0.15) is 38.5 Å². The minimum atomic E-state index is -0.574. The van der Waals surface area contributed by atoms with Crippen LogP contribution in [0.25, 0.3) is 0 Å². The molecule has 0 aromatic rings. The van der Waals surface area contributed by atoms with E-state index >= 15 is 0 Å². The van der Waals surface area contributed by atoms with Crippen LogP contribution < -0.4 is 5.73 Å². The monoisotopic (exact) mass is 339 g/mol. The van der Waals surface area contributed by atoms with Crippen LogP contribution in [-0.4, -0.2) is 41.2 Å². The molecular weight excluding hydrogens is 317 g/mol. The molecule has 2 aliphatic rings. The van der Waals surface area contributed by atoms with Crippen molar-refractivity contribution in [3.63, 3.8) is 0 Å². The summed E-state index contributed by atoms with van der Waals surface area (Å²) >= 11 is 0. The van der Waals surface area contributed by atoms with E-state index in [9.17, 15) is 5.11 Å². The van der Waals surface area contributed by atoms with E-state index in [1.807, 2.05) is 11.9 Å². The Hall–Kier alpha value is -0.0400. The van der Waals surface area contributed by atoms with Gasteiger partial charge in [0.15, 0.2) is 5.96 Å². The average molecular weight is 339 g/mol. The molecule has 2 rings (SSSR count). The Kier molecular flexibility index (Phi) is 4.85. The molecule has 0 aromatic heterocycles. The highest BCUT2D eigenvalue weighted by Crippen LogP contribution is 2.30. The molecule has 0 bridgehead atoms. The van der Waals surface area contributed by atoms with Gasteiger partial charge >= 0.3 is 0 Å². The fourth-order valence-corrected chi connectivity index (χ4v) is 2.18. The summed E-state index contributed by atoms with van der Waals surface area (Å²) in [6, 6.07) is 0.590. The number of guanidine groups is 1. The molecule has 94 valence electrons. The van der Waals surface area contributed by atoms with Crippen LogP contribution in [0.15, 0.2) is 4.99 Å². The number of nitrogens with two attached hydrogens (primary N) is 1. The molecule has 2 saturated carbocycles. The first-order valence-corrected chi connectivity index (χ1v) is 5.86. The van der Waals surface area contributed by atoms with Crippen LogP contribution in [0, 0.1) is 0 Å². The Balaban J connectivity index is 0.00000128. The summed E-state index contributed by atoms with van der Waals surface area (Å²) in [5.74, 6) is 0.581. The summed E-state index contributed by atoms with van der Waals surface area (Å²) in [7, 11) is 1.98. The predicted octanol–water partition coefficient (Wildman–Crippen LogP) is 1.32. The zero-order valence-corrected chi connectivity index (χ0v) is 12.2. The van der Waals surface area contributed by atoms with Gasteiger partial charge in [0.05, 0.1) is 12.1 Å². The second-order valence-corrected chi connectivity index (χ2v) is 4.95. The lowest BCUT2D eigenvalue weighted by atomic mass is 10.0. The molecule has 0 heterocycles. The summed E-state index contributed by atoms with van der Waals surface area (Å²) in [6.07, 6.45) is 6.41. The van der Waals surface area contributed by atoms with Crippen LogP contribution >= 0.6 is 24.0 Å². The molecule has 0 aliphatic heterocycles. The Morgan fingerprint density at radius 1 is 1.44 bits per heavy atom. The molecule has 0 spiro atoms. The van der Waals surface area contributed by atoms with Crippen molar-refractivity contribution in [2.45, 2.75) is 50.2 Å². The maximum atomic E-state index is 10.1. The maximum Gasteiger partial charge on any atom is 0.191 e. The van der Waals surface area contributed by atoms with Gasteiger partial charge in [0.2, 0.25) is 0 Å². The fraction of sp³-hybridized carbons (Fsp3) is 0.909. The molecule has 3 N–H and O–H groups in total. The van der Waals surface area contributed by atoms with Crippen LogP contribution in [0.4, 0.5) is 0 Å². The zero-order chi connectivity index (χ0) is 10.9. The number of aliphatic hydroxyl groups is 1. The minimum absolute atomic E-state index is 0. The summed E-state index contributed by atoms with van der Waals surface area (Å²) < 4.78 is 0. The van der Waals surface area contributed by atoms with E-state index in [2.05, 4.69) is 4.99 Å². The van der Waals surface area contributed by atoms with Crippen molar-refractivity contribution < 1.29 is 5.11 Å². The van der Waals surface area contributed by atoms with Crippen molar-refractivity contribution in [3.8, 4) is 0 Å². The van der Waals surface area contributed by atoms with Crippen molar-refractivity contribution in [1.29, 1.82) is 0 Å². The zero-order valence-electron chi connectivity index (χ0n) is 9.85. The summed E-state index contributed by atoms with van der Waals surface area (Å²) in [4.78, 5) is 6.34. The highest BCUT2D eigenvalue weighted by atomic mass is 127. The Morgan fingerprint density at radius 3 is 2.50 bits per heavy atom. The van der Waals surface area contributed by atoms with Crippen molar-refractivity contribution in [1.82, 2.24) is 4.90 Å². The van der Waals surface area contributed by atoms with Gasteiger partial charge in [-0.3, -0.25) is 4.99 Å². The molecule has 0 saturated heterocycles. The standard InChI is InChI=1S/C11H21N3O.HI/c1-14(9-4-5-9)10(12)13-8-11(15)6-2-3-7-11;/h9,15H,2-8H2,1H3,(H2,12,13);1H. The summed E-state index contributed by atoms with van der Waals surface area (Å²) in [6.45, 7) is 0.468. The topological polar surface area (TPSA) is 61.8 Å². The molecule has 2 fully saturated rings. The van der Waals surface area contributed by atoms with E-state index in [0.29, 0.717) is 18.5 Å². The quantitative estimate of drug-likeness (QED) is 0.463. The number of hydrogen-bond acceptors (Lipinski definition) is 2. The van der Waals surface area contributed by atoms with E-state index in [1.165, 1.54) is 12.8 Å². The van der Waals surface area contributed by atoms with Crippen LogP contribution in [0.2, 0.25) is 0 Å². The van der Waals surface area contributed by atoms with Gasteiger partial charge in [0.25, 0.3) is 0 Å². The second-order valence-electron chi connectivity index (χ2n) is 4.95.